The zero-order valence-electron chi connectivity index (χ0n) is 17.8. The summed E-state index contributed by atoms with van der Waals surface area (Å²) in [5.74, 6) is 0.615. The molecule has 3 aromatic carbocycles. The summed E-state index contributed by atoms with van der Waals surface area (Å²) >= 11 is 15.6. The van der Waals surface area contributed by atoms with Gasteiger partial charge in [-0.1, -0.05) is 70.0 Å². The van der Waals surface area contributed by atoms with E-state index in [0.717, 1.165) is 10.0 Å². The molecule has 1 N–H and O–H groups in total. The number of carbonyl (C=O) groups excluding carboxylic acids is 2. The SMILES string of the molecule is C=CC(=O)Nc1ccccc1CC(=O)N(C)Cc1ccc(Br)cc1Oc1cc(Cl)cc(Cl)c1. The van der Waals surface area contributed by atoms with Gasteiger partial charge in [-0.15, -0.1) is 0 Å². The van der Waals surface area contributed by atoms with Crippen molar-refractivity contribution in [2.45, 2.75) is 13.0 Å². The highest BCUT2D eigenvalue weighted by Crippen LogP contribution is 2.32. The Hall–Kier alpha value is -2.80. The van der Waals surface area contributed by atoms with Crippen molar-refractivity contribution < 1.29 is 14.3 Å². The molecule has 0 saturated heterocycles. The molecule has 0 atom stereocenters. The lowest BCUT2D eigenvalue weighted by molar-refractivity contribution is -0.129. The maximum absolute atomic E-state index is 13.0. The molecule has 8 heteroatoms. The molecule has 0 aliphatic heterocycles. The van der Waals surface area contributed by atoms with Crippen LogP contribution in [-0.2, 0) is 22.6 Å². The van der Waals surface area contributed by atoms with E-state index < -0.39 is 0 Å². The standard InChI is InChI=1S/C25H21BrCl2N2O3/c1-3-24(31)29-22-7-5-4-6-16(22)10-25(32)30(2)15-17-8-9-18(26)11-23(17)33-21-13-19(27)12-20(28)14-21/h3-9,11-14H,1,10,15H2,2H3,(H,29,31). The normalized spacial score (nSPS) is 10.4. The summed E-state index contributed by atoms with van der Waals surface area (Å²) in [4.78, 5) is 26.3. The Bertz CT molecular complexity index is 1180. The fourth-order valence-electron chi connectivity index (χ4n) is 3.09. The van der Waals surface area contributed by atoms with Crippen LogP contribution in [0.4, 0.5) is 5.69 Å². The zero-order valence-corrected chi connectivity index (χ0v) is 20.9. The molecule has 170 valence electrons. The number of ether oxygens (including phenoxy) is 1. The van der Waals surface area contributed by atoms with Crippen LogP contribution in [0, 0.1) is 0 Å². The number of hydrogen-bond acceptors (Lipinski definition) is 3. The van der Waals surface area contributed by atoms with Crippen molar-refractivity contribution in [1.29, 1.82) is 0 Å². The molecule has 0 aromatic heterocycles. The minimum atomic E-state index is -0.332. The lowest BCUT2D eigenvalue weighted by Crippen LogP contribution is -2.28. The van der Waals surface area contributed by atoms with Crippen molar-refractivity contribution in [1.82, 2.24) is 4.90 Å². The number of carbonyl (C=O) groups is 2. The molecule has 0 fully saturated rings. The average Bonchev–Trinajstić information content (AvgIpc) is 2.76. The number of amides is 2. The predicted molar refractivity (Wildman–Crippen MR) is 136 cm³/mol. The molecule has 0 bridgehead atoms. The fraction of sp³-hybridized carbons (Fsp3) is 0.120. The topological polar surface area (TPSA) is 58.6 Å². The first kappa shape index (κ1) is 24.8. The maximum Gasteiger partial charge on any atom is 0.247 e. The lowest BCUT2D eigenvalue weighted by atomic mass is 10.1. The molecule has 5 nitrogen and oxygen atoms in total. The van der Waals surface area contributed by atoms with Gasteiger partial charge in [0.1, 0.15) is 11.5 Å². The second kappa shape index (κ2) is 11.4. The molecular weight excluding hydrogens is 527 g/mol. The Balaban J connectivity index is 1.76. The molecule has 2 amide bonds. The monoisotopic (exact) mass is 546 g/mol. The van der Waals surface area contributed by atoms with Gasteiger partial charge >= 0.3 is 0 Å². The molecule has 0 unspecified atom stereocenters. The van der Waals surface area contributed by atoms with Crippen molar-refractivity contribution in [3.8, 4) is 11.5 Å². The van der Waals surface area contributed by atoms with Crippen molar-refractivity contribution in [2.75, 3.05) is 12.4 Å². The van der Waals surface area contributed by atoms with Crippen LogP contribution < -0.4 is 10.1 Å². The summed E-state index contributed by atoms with van der Waals surface area (Å²) in [7, 11) is 1.72. The molecule has 3 aromatic rings. The first-order valence-electron chi connectivity index (χ1n) is 9.93. The van der Waals surface area contributed by atoms with Gasteiger partial charge in [-0.05, 0) is 48.0 Å². The van der Waals surface area contributed by atoms with E-state index in [1.165, 1.54) is 6.08 Å². The Morgan fingerprint density at radius 1 is 1.06 bits per heavy atom. The van der Waals surface area contributed by atoms with Gasteiger partial charge in [-0.3, -0.25) is 9.59 Å². The van der Waals surface area contributed by atoms with Crippen LogP contribution in [0.3, 0.4) is 0 Å². The quantitative estimate of drug-likeness (QED) is 0.313. The van der Waals surface area contributed by atoms with E-state index in [1.54, 1.807) is 42.3 Å². The minimum Gasteiger partial charge on any atom is -0.457 e. The molecule has 0 saturated carbocycles. The Kier molecular flexibility index (Phi) is 8.55. The highest BCUT2D eigenvalue weighted by Gasteiger charge is 2.16. The third kappa shape index (κ3) is 7.09. The van der Waals surface area contributed by atoms with E-state index in [4.69, 9.17) is 27.9 Å². The van der Waals surface area contributed by atoms with Gasteiger partial charge in [0.05, 0.1) is 6.42 Å². The second-order valence-electron chi connectivity index (χ2n) is 7.24. The molecule has 3 rings (SSSR count). The third-order valence-corrected chi connectivity index (χ3v) is 5.66. The molecule has 0 radical (unpaired) electrons. The van der Waals surface area contributed by atoms with Gasteiger partial charge in [-0.2, -0.15) is 0 Å². The average molecular weight is 548 g/mol. The third-order valence-electron chi connectivity index (χ3n) is 4.73. The van der Waals surface area contributed by atoms with Gasteiger partial charge in [-0.25, -0.2) is 0 Å². The van der Waals surface area contributed by atoms with Crippen molar-refractivity contribution >= 4 is 56.6 Å². The smallest absolute Gasteiger partial charge is 0.247 e. The van der Waals surface area contributed by atoms with Crippen molar-refractivity contribution in [3.63, 3.8) is 0 Å². The predicted octanol–water partition coefficient (Wildman–Crippen LogP) is 6.87. The Morgan fingerprint density at radius 2 is 1.76 bits per heavy atom. The highest BCUT2D eigenvalue weighted by atomic mass is 79.9. The molecule has 0 aliphatic rings. The van der Waals surface area contributed by atoms with Gasteiger partial charge in [0.25, 0.3) is 0 Å². The summed E-state index contributed by atoms with van der Waals surface area (Å²) in [6.45, 7) is 3.78. The molecule has 0 heterocycles. The summed E-state index contributed by atoms with van der Waals surface area (Å²) in [5.41, 5.74) is 2.10. The number of nitrogens with one attached hydrogen (secondary N) is 1. The van der Waals surface area contributed by atoms with Crippen LogP contribution in [0.15, 0.2) is 77.8 Å². The van der Waals surface area contributed by atoms with E-state index >= 15 is 0 Å². The molecule has 0 aliphatic carbocycles. The molecule has 33 heavy (non-hydrogen) atoms. The van der Waals surface area contributed by atoms with Crippen LogP contribution in [0.2, 0.25) is 10.0 Å². The van der Waals surface area contributed by atoms with Crippen molar-refractivity contribution in [2.24, 2.45) is 0 Å². The number of para-hydroxylation sites is 1. The van der Waals surface area contributed by atoms with Gasteiger partial charge in [0, 0.05) is 39.4 Å². The first-order valence-corrected chi connectivity index (χ1v) is 11.5. The van der Waals surface area contributed by atoms with Crippen LogP contribution in [0.5, 0.6) is 11.5 Å². The number of nitrogens with zero attached hydrogens (tertiary/aromatic N) is 1. The number of likely N-dealkylation sites (N-methyl/N-ethyl adjacent to an activating group) is 1. The van der Waals surface area contributed by atoms with E-state index in [2.05, 4.69) is 27.8 Å². The van der Waals surface area contributed by atoms with Gasteiger partial charge < -0.3 is 15.0 Å². The Labute approximate surface area is 211 Å². The van der Waals surface area contributed by atoms with Crippen LogP contribution in [0.25, 0.3) is 0 Å². The highest BCUT2D eigenvalue weighted by molar-refractivity contribution is 9.10. The number of hydrogen-bond donors (Lipinski definition) is 1. The van der Waals surface area contributed by atoms with Crippen molar-refractivity contribution in [3.05, 3.63) is 99.0 Å². The number of benzene rings is 3. The Morgan fingerprint density at radius 3 is 2.45 bits per heavy atom. The van der Waals surface area contributed by atoms with E-state index in [9.17, 15) is 9.59 Å². The number of halogens is 3. The van der Waals surface area contributed by atoms with E-state index in [1.807, 2.05) is 30.3 Å². The van der Waals surface area contributed by atoms with E-state index in [0.29, 0.717) is 39.3 Å². The van der Waals surface area contributed by atoms with Gasteiger partial charge in [0.2, 0.25) is 11.8 Å². The minimum absolute atomic E-state index is 0.116. The van der Waals surface area contributed by atoms with Crippen LogP contribution >= 0.6 is 39.1 Å². The fourth-order valence-corrected chi connectivity index (χ4v) is 3.94. The number of anilines is 1. The largest absolute Gasteiger partial charge is 0.457 e. The molecular formula is C25H21BrCl2N2O3. The second-order valence-corrected chi connectivity index (χ2v) is 9.02. The maximum atomic E-state index is 13.0. The van der Waals surface area contributed by atoms with Gasteiger partial charge in [0.15, 0.2) is 0 Å². The van der Waals surface area contributed by atoms with E-state index in [-0.39, 0.29) is 18.2 Å². The summed E-state index contributed by atoms with van der Waals surface area (Å²) in [5, 5.41) is 3.65. The van der Waals surface area contributed by atoms with Crippen LogP contribution in [-0.4, -0.2) is 23.8 Å². The number of rotatable bonds is 8. The molecule has 0 spiro atoms. The summed E-state index contributed by atoms with van der Waals surface area (Å²) < 4.78 is 6.86. The summed E-state index contributed by atoms with van der Waals surface area (Å²) in [6.07, 6.45) is 1.31. The summed E-state index contributed by atoms with van der Waals surface area (Å²) in [6, 6.07) is 17.7. The lowest BCUT2D eigenvalue weighted by Gasteiger charge is -2.20. The van der Waals surface area contributed by atoms with Crippen LogP contribution in [0.1, 0.15) is 11.1 Å². The first-order chi connectivity index (χ1) is 15.7. The zero-order chi connectivity index (χ0) is 24.0.